The van der Waals surface area contributed by atoms with Crippen molar-refractivity contribution in [1.29, 1.82) is 0 Å². The predicted octanol–water partition coefficient (Wildman–Crippen LogP) is 3.23. The maximum atomic E-state index is 12.4. The molecule has 4 amide bonds. The lowest BCUT2D eigenvalue weighted by Gasteiger charge is -2.43. The van der Waals surface area contributed by atoms with E-state index in [0.29, 0.717) is 0 Å². The Kier molecular flexibility index (Phi) is 12.0. The fourth-order valence-corrected chi connectivity index (χ4v) is 12.7. The zero-order valence-electron chi connectivity index (χ0n) is 19.9. The summed E-state index contributed by atoms with van der Waals surface area (Å²) in [6.07, 6.45) is 3.50. The molecule has 172 valence electrons. The van der Waals surface area contributed by atoms with Crippen molar-refractivity contribution in [2.24, 2.45) is 0 Å². The molecule has 0 aliphatic heterocycles. The molecule has 2 atom stereocenters. The summed E-state index contributed by atoms with van der Waals surface area (Å²) in [5.74, 6) is 0. The van der Waals surface area contributed by atoms with Gasteiger partial charge in [-0.15, -0.1) is 0 Å². The van der Waals surface area contributed by atoms with Crippen LogP contribution in [0.2, 0.25) is 26.2 Å². The maximum absolute atomic E-state index is 12.4. The van der Waals surface area contributed by atoms with Gasteiger partial charge < -0.3 is 14.7 Å². The van der Waals surface area contributed by atoms with Gasteiger partial charge in [-0.1, -0.05) is 26.7 Å². The Bertz CT molecular complexity index is 478. The van der Waals surface area contributed by atoms with Crippen LogP contribution >= 0.6 is 0 Å². The molecule has 2 N–H and O–H groups in total. The molecule has 0 radical (unpaired) electrons. The maximum Gasteiger partial charge on any atom is 0.341 e. The van der Waals surface area contributed by atoms with Gasteiger partial charge in [0.15, 0.2) is 16.6 Å². The van der Waals surface area contributed by atoms with E-state index >= 15 is 0 Å². The van der Waals surface area contributed by atoms with Gasteiger partial charge in [-0.2, -0.15) is 0 Å². The van der Waals surface area contributed by atoms with Crippen LogP contribution in [0, 0.1) is 0 Å². The number of hydrogen-bond acceptors (Lipinski definition) is 5. The SMILES string of the molecule is CCC[C@H](NC(=O)N(C)OC)[Si](C)(C)O[Si](C)(C)[C@H](CCC)NC(=O)N(C)OC. The van der Waals surface area contributed by atoms with Gasteiger partial charge in [0.1, 0.15) is 0 Å². The molecule has 0 aliphatic carbocycles. The number of hydrogen-bond donors (Lipinski definition) is 2. The molecule has 0 bridgehead atoms. The molecule has 0 aromatic rings. The van der Waals surface area contributed by atoms with Gasteiger partial charge in [0, 0.05) is 25.4 Å². The topological polar surface area (TPSA) is 92.4 Å². The smallest absolute Gasteiger partial charge is 0.341 e. The first-order chi connectivity index (χ1) is 13.4. The highest BCUT2D eigenvalue weighted by molar-refractivity contribution is 6.86. The lowest BCUT2D eigenvalue weighted by molar-refractivity contribution is -0.0652. The monoisotopic (exact) mass is 450 g/mol. The molecular formula is C18H42N4O5Si2. The highest BCUT2D eigenvalue weighted by atomic mass is 28.4. The first-order valence-corrected chi connectivity index (χ1v) is 16.2. The van der Waals surface area contributed by atoms with Crippen molar-refractivity contribution in [3.8, 4) is 0 Å². The molecule has 0 aromatic heterocycles. The second-order valence-electron chi connectivity index (χ2n) is 8.25. The summed E-state index contributed by atoms with van der Waals surface area (Å²) in [6, 6.07) is -0.565. The fourth-order valence-electron chi connectivity index (χ4n) is 3.23. The van der Waals surface area contributed by atoms with Crippen LogP contribution in [0.4, 0.5) is 9.59 Å². The predicted molar refractivity (Wildman–Crippen MR) is 120 cm³/mol. The van der Waals surface area contributed by atoms with Crippen molar-refractivity contribution in [2.75, 3.05) is 28.3 Å². The summed E-state index contributed by atoms with van der Waals surface area (Å²) in [4.78, 5) is 34.7. The molecule has 11 heteroatoms. The number of hydroxylamine groups is 4. The Balaban J connectivity index is 5.48. The second kappa shape index (κ2) is 12.5. The van der Waals surface area contributed by atoms with Gasteiger partial charge in [0.25, 0.3) is 0 Å². The van der Waals surface area contributed by atoms with E-state index in [1.165, 1.54) is 24.3 Å². The van der Waals surface area contributed by atoms with E-state index in [4.69, 9.17) is 13.8 Å². The van der Waals surface area contributed by atoms with Crippen LogP contribution in [0.15, 0.2) is 0 Å². The zero-order chi connectivity index (χ0) is 22.8. The Morgan fingerprint density at radius 1 is 0.793 bits per heavy atom. The zero-order valence-corrected chi connectivity index (χ0v) is 21.9. The standard InChI is InChI=1S/C18H42N4O5Si2/c1-11-13-15(19-17(23)21(3)25-5)28(7,8)27-29(9,10)16(14-12-2)20-18(24)22(4)26-6/h15-16H,11-14H2,1-10H3,(H,19,23)(H,20,24)/t15-,16-/m1/s1. The minimum Gasteiger partial charge on any atom is -0.453 e. The number of amides is 4. The molecule has 0 unspecified atom stereocenters. The molecular weight excluding hydrogens is 408 g/mol. The van der Waals surface area contributed by atoms with Crippen molar-refractivity contribution in [2.45, 2.75) is 77.0 Å². The van der Waals surface area contributed by atoms with E-state index in [1.807, 2.05) is 0 Å². The van der Waals surface area contributed by atoms with E-state index < -0.39 is 16.6 Å². The van der Waals surface area contributed by atoms with Gasteiger partial charge in [-0.3, -0.25) is 9.68 Å². The van der Waals surface area contributed by atoms with Gasteiger partial charge in [0.05, 0.1) is 14.2 Å². The summed E-state index contributed by atoms with van der Waals surface area (Å²) in [7, 11) is 1.39. The number of rotatable bonds is 12. The molecule has 0 fully saturated rings. The Morgan fingerprint density at radius 2 is 1.10 bits per heavy atom. The van der Waals surface area contributed by atoms with Crippen molar-refractivity contribution in [3.05, 3.63) is 0 Å². The third-order valence-corrected chi connectivity index (χ3v) is 13.5. The number of carbonyl (C=O) groups is 2. The molecule has 0 saturated heterocycles. The van der Waals surface area contributed by atoms with Crippen LogP contribution in [-0.2, 0) is 13.8 Å². The van der Waals surface area contributed by atoms with Crippen LogP contribution in [0.3, 0.4) is 0 Å². The van der Waals surface area contributed by atoms with Crippen LogP contribution in [0.1, 0.15) is 39.5 Å². The Labute approximate surface area is 178 Å². The van der Waals surface area contributed by atoms with Gasteiger partial charge in [-0.25, -0.2) is 19.7 Å². The molecule has 0 aliphatic rings. The number of urea groups is 2. The van der Waals surface area contributed by atoms with Crippen LogP contribution in [0.25, 0.3) is 0 Å². The molecule has 0 aromatic carbocycles. The molecule has 29 heavy (non-hydrogen) atoms. The van der Waals surface area contributed by atoms with E-state index in [-0.39, 0.29) is 23.4 Å². The average molecular weight is 451 g/mol. The number of carbonyl (C=O) groups excluding carboxylic acids is 2. The molecule has 0 rings (SSSR count). The van der Waals surface area contributed by atoms with Gasteiger partial charge in [-0.05, 0) is 39.0 Å². The van der Waals surface area contributed by atoms with E-state index in [9.17, 15) is 9.59 Å². The van der Waals surface area contributed by atoms with Gasteiger partial charge >= 0.3 is 12.1 Å². The average Bonchev–Trinajstić information content (AvgIpc) is 2.64. The summed E-state index contributed by atoms with van der Waals surface area (Å²) < 4.78 is 6.81. The quantitative estimate of drug-likeness (QED) is 0.352. The van der Waals surface area contributed by atoms with Crippen LogP contribution in [-0.4, -0.2) is 78.5 Å². The largest absolute Gasteiger partial charge is 0.453 e. The van der Waals surface area contributed by atoms with Crippen molar-refractivity contribution in [1.82, 2.24) is 20.8 Å². The van der Waals surface area contributed by atoms with E-state index in [0.717, 1.165) is 25.7 Å². The number of nitrogens with zero attached hydrogens (tertiary/aromatic N) is 2. The van der Waals surface area contributed by atoms with Crippen molar-refractivity contribution >= 4 is 28.7 Å². The summed E-state index contributed by atoms with van der Waals surface area (Å²) in [5.41, 5.74) is -0.131. The van der Waals surface area contributed by atoms with E-state index in [2.05, 4.69) is 50.7 Å². The first kappa shape index (κ1) is 27.9. The lowest BCUT2D eigenvalue weighted by atomic mass is 10.3. The molecule has 0 spiro atoms. The third kappa shape index (κ3) is 9.03. The molecule has 9 nitrogen and oxygen atoms in total. The number of nitrogens with one attached hydrogen (secondary N) is 2. The van der Waals surface area contributed by atoms with Crippen molar-refractivity contribution < 1.29 is 23.4 Å². The fraction of sp³-hybridized carbons (Fsp3) is 0.889. The summed E-state index contributed by atoms with van der Waals surface area (Å²) >= 11 is 0. The normalized spacial score (nSPS) is 14.1. The van der Waals surface area contributed by atoms with Gasteiger partial charge in [0.2, 0.25) is 0 Å². The summed E-state index contributed by atoms with van der Waals surface area (Å²) in [6.45, 7) is 12.7. The highest BCUT2D eigenvalue weighted by Crippen LogP contribution is 2.25. The summed E-state index contributed by atoms with van der Waals surface area (Å²) in [5, 5.41) is 8.51. The Hall–Kier alpha value is -1.15. The van der Waals surface area contributed by atoms with Crippen molar-refractivity contribution in [3.63, 3.8) is 0 Å². The minimum atomic E-state index is -2.34. The minimum absolute atomic E-state index is 0.0657. The Morgan fingerprint density at radius 3 is 1.34 bits per heavy atom. The lowest BCUT2D eigenvalue weighted by Crippen LogP contribution is -2.65. The van der Waals surface area contributed by atoms with E-state index in [1.54, 1.807) is 14.1 Å². The third-order valence-electron chi connectivity index (χ3n) is 5.07. The van der Waals surface area contributed by atoms with Crippen LogP contribution < -0.4 is 10.6 Å². The highest BCUT2D eigenvalue weighted by Gasteiger charge is 2.44. The molecule has 0 heterocycles. The van der Waals surface area contributed by atoms with Crippen LogP contribution in [0.5, 0.6) is 0 Å². The molecule has 0 saturated carbocycles. The first-order valence-electron chi connectivity index (χ1n) is 10.2. The second-order valence-corrected chi connectivity index (χ2v) is 16.9.